The summed E-state index contributed by atoms with van der Waals surface area (Å²) in [5, 5.41) is 4.42. The van der Waals surface area contributed by atoms with Crippen LogP contribution in [0.15, 0.2) is 6.20 Å². The average molecular weight is 251 g/mol. The van der Waals surface area contributed by atoms with E-state index in [0.29, 0.717) is 13.1 Å². The van der Waals surface area contributed by atoms with Gasteiger partial charge in [0, 0.05) is 32.8 Å². The molecule has 1 amide bonds. The molecule has 1 aliphatic heterocycles. The number of hydrogen-bond donors (Lipinski definition) is 0. The quantitative estimate of drug-likeness (QED) is 0.706. The average Bonchev–Trinajstić information content (AvgIpc) is 2.45. The van der Waals surface area contributed by atoms with Crippen molar-refractivity contribution in [2.75, 3.05) is 13.1 Å². The van der Waals surface area contributed by atoms with Gasteiger partial charge < -0.3 is 9.64 Å². The van der Waals surface area contributed by atoms with E-state index < -0.39 is 5.60 Å². The summed E-state index contributed by atoms with van der Waals surface area (Å²) in [7, 11) is 1.93. The van der Waals surface area contributed by atoms with Crippen LogP contribution in [-0.4, -0.2) is 39.5 Å². The van der Waals surface area contributed by atoms with Gasteiger partial charge in [0.05, 0.1) is 5.69 Å². The Labute approximate surface area is 108 Å². The van der Waals surface area contributed by atoms with E-state index in [1.165, 1.54) is 5.56 Å². The molecule has 5 nitrogen and oxygen atoms in total. The lowest BCUT2D eigenvalue weighted by Gasteiger charge is -2.26. The summed E-state index contributed by atoms with van der Waals surface area (Å²) in [5.74, 6) is 0. The van der Waals surface area contributed by atoms with E-state index in [0.717, 1.165) is 18.5 Å². The number of fused-ring (bicyclic) bond motifs is 1. The Morgan fingerprint density at radius 1 is 1.33 bits per heavy atom. The molecule has 1 aromatic heterocycles. The number of hydrogen-bond acceptors (Lipinski definition) is 3. The normalized spacial score (nSPS) is 16.1. The van der Waals surface area contributed by atoms with Gasteiger partial charge in [0.15, 0.2) is 0 Å². The zero-order valence-corrected chi connectivity index (χ0v) is 11.6. The second-order valence-electron chi connectivity index (χ2n) is 5.74. The van der Waals surface area contributed by atoms with Gasteiger partial charge in [-0.05, 0) is 32.8 Å². The summed E-state index contributed by atoms with van der Waals surface area (Å²) in [4.78, 5) is 13.8. The summed E-state index contributed by atoms with van der Waals surface area (Å²) in [5.41, 5.74) is 1.91. The molecule has 100 valence electrons. The molecule has 0 fully saturated rings. The van der Waals surface area contributed by atoms with Gasteiger partial charge in [0.25, 0.3) is 0 Å². The molecule has 0 saturated heterocycles. The number of ether oxygens (including phenoxy) is 1. The molecule has 0 radical (unpaired) electrons. The minimum atomic E-state index is -0.434. The van der Waals surface area contributed by atoms with E-state index in [4.69, 9.17) is 4.74 Å². The molecule has 0 aliphatic carbocycles. The molecule has 1 aromatic rings. The Balaban J connectivity index is 2.00. The first-order valence-corrected chi connectivity index (χ1v) is 6.34. The van der Waals surface area contributed by atoms with Crippen LogP contribution in [0.2, 0.25) is 0 Å². The van der Waals surface area contributed by atoms with E-state index in [-0.39, 0.29) is 6.09 Å². The van der Waals surface area contributed by atoms with Crippen LogP contribution in [0.4, 0.5) is 4.79 Å². The standard InChI is InChI=1S/C13H21N3O2/c1-13(2,3)18-12(17)16-7-5-10-9-15(4)14-11(10)6-8-16/h9H,5-8H2,1-4H3. The maximum absolute atomic E-state index is 12.0. The first-order chi connectivity index (χ1) is 8.35. The van der Waals surface area contributed by atoms with Gasteiger partial charge in [0.1, 0.15) is 5.60 Å². The smallest absolute Gasteiger partial charge is 0.410 e. The first-order valence-electron chi connectivity index (χ1n) is 6.34. The molecule has 0 aromatic carbocycles. The van der Waals surface area contributed by atoms with Crippen molar-refractivity contribution in [1.29, 1.82) is 0 Å². The van der Waals surface area contributed by atoms with Crippen molar-refractivity contribution < 1.29 is 9.53 Å². The third kappa shape index (κ3) is 3.03. The van der Waals surface area contributed by atoms with E-state index in [1.807, 2.05) is 38.7 Å². The zero-order valence-electron chi connectivity index (χ0n) is 11.6. The van der Waals surface area contributed by atoms with Gasteiger partial charge in [-0.1, -0.05) is 0 Å². The van der Waals surface area contributed by atoms with Crippen LogP contribution in [-0.2, 0) is 24.6 Å². The van der Waals surface area contributed by atoms with Gasteiger partial charge in [-0.2, -0.15) is 5.10 Å². The maximum Gasteiger partial charge on any atom is 0.410 e. The van der Waals surface area contributed by atoms with Gasteiger partial charge >= 0.3 is 6.09 Å². The molecule has 0 spiro atoms. The van der Waals surface area contributed by atoms with Gasteiger partial charge in [-0.25, -0.2) is 4.79 Å². The van der Waals surface area contributed by atoms with Crippen molar-refractivity contribution in [1.82, 2.24) is 14.7 Å². The number of amides is 1. The van der Waals surface area contributed by atoms with Crippen molar-refractivity contribution in [3.05, 3.63) is 17.5 Å². The fourth-order valence-electron chi connectivity index (χ4n) is 2.12. The minimum absolute atomic E-state index is 0.225. The van der Waals surface area contributed by atoms with Crippen LogP contribution in [0.25, 0.3) is 0 Å². The second-order valence-corrected chi connectivity index (χ2v) is 5.74. The zero-order chi connectivity index (χ0) is 13.3. The lowest BCUT2D eigenvalue weighted by Crippen LogP contribution is -2.38. The predicted molar refractivity (Wildman–Crippen MR) is 68.4 cm³/mol. The van der Waals surface area contributed by atoms with Gasteiger partial charge in [-0.3, -0.25) is 4.68 Å². The molecular weight excluding hydrogens is 230 g/mol. The Kier molecular flexibility index (Phi) is 3.32. The molecule has 18 heavy (non-hydrogen) atoms. The summed E-state index contributed by atoms with van der Waals surface area (Å²) in [6, 6.07) is 0. The highest BCUT2D eigenvalue weighted by molar-refractivity contribution is 5.68. The summed E-state index contributed by atoms with van der Waals surface area (Å²) in [6.45, 7) is 7.05. The molecule has 0 atom stereocenters. The highest BCUT2D eigenvalue weighted by Crippen LogP contribution is 2.16. The Hall–Kier alpha value is -1.52. The number of aromatic nitrogens is 2. The molecule has 2 rings (SSSR count). The monoisotopic (exact) mass is 251 g/mol. The SMILES string of the molecule is Cn1cc2c(n1)CCN(C(=O)OC(C)(C)C)CC2. The molecular formula is C13H21N3O2. The number of nitrogens with zero attached hydrogens (tertiary/aromatic N) is 3. The molecule has 2 heterocycles. The fraction of sp³-hybridized carbons (Fsp3) is 0.692. The Morgan fingerprint density at radius 3 is 2.67 bits per heavy atom. The number of rotatable bonds is 0. The molecule has 0 saturated carbocycles. The van der Waals surface area contributed by atoms with Crippen molar-refractivity contribution in [2.45, 2.75) is 39.2 Å². The summed E-state index contributed by atoms with van der Waals surface area (Å²) < 4.78 is 7.23. The minimum Gasteiger partial charge on any atom is -0.444 e. The molecule has 5 heteroatoms. The first kappa shape index (κ1) is 12.9. The van der Waals surface area contributed by atoms with Crippen molar-refractivity contribution in [3.8, 4) is 0 Å². The third-order valence-electron chi connectivity index (χ3n) is 2.91. The topological polar surface area (TPSA) is 47.4 Å². The number of aryl methyl sites for hydroxylation is 1. The highest BCUT2D eigenvalue weighted by Gasteiger charge is 2.24. The number of carbonyl (C=O) groups excluding carboxylic acids is 1. The van der Waals surface area contributed by atoms with Crippen LogP contribution in [0.5, 0.6) is 0 Å². The predicted octanol–water partition coefficient (Wildman–Crippen LogP) is 1.76. The molecule has 0 unspecified atom stereocenters. The van der Waals surface area contributed by atoms with E-state index in [1.54, 1.807) is 4.90 Å². The van der Waals surface area contributed by atoms with Crippen LogP contribution in [0.1, 0.15) is 32.0 Å². The second kappa shape index (κ2) is 4.63. The third-order valence-corrected chi connectivity index (χ3v) is 2.91. The summed E-state index contributed by atoms with van der Waals surface area (Å²) in [6.07, 6.45) is 3.46. The van der Waals surface area contributed by atoms with Crippen LogP contribution >= 0.6 is 0 Å². The van der Waals surface area contributed by atoms with E-state index >= 15 is 0 Å². The van der Waals surface area contributed by atoms with Crippen LogP contribution in [0, 0.1) is 0 Å². The van der Waals surface area contributed by atoms with Crippen molar-refractivity contribution >= 4 is 6.09 Å². The lowest BCUT2D eigenvalue weighted by molar-refractivity contribution is 0.0258. The highest BCUT2D eigenvalue weighted by atomic mass is 16.6. The maximum atomic E-state index is 12.0. The van der Waals surface area contributed by atoms with Gasteiger partial charge in [0.2, 0.25) is 0 Å². The largest absolute Gasteiger partial charge is 0.444 e. The van der Waals surface area contributed by atoms with Crippen molar-refractivity contribution in [2.24, 2.45) is 7.05 Å². The fourth-order valence-corrected chi connectivity index (χ4v) is 2.12. The van der Waals surface area contributed by atoms with E-state index in [2.05, 4.69) is 5.10 Å². The molecule has 0 bridgehead atoms. The van der Waals surface area contributed by atoms with Gasteiger partial charge in [-0.15, -0.1) is 0 Å². The molecule has 0 N–H and O–H groups in total. The lowest BCUT2D eigenvalue weighted by atomic mass is 10.2. The Bertz CT molecular complexity index is 420. The summed E-state index contributed by atoms with van der Waals surface area (Å²) >= 11 is 0. The van der Waals surface area contributed by atoms with Crippen LogP contribution in [0.3, 0.4) is 0 Å². The number of carbonyl (C=O) groups is 1. The van der Waals surface area contributed by atoms with E-state index in [9.17, 15) is 4.79 Å². The van der Waals surface area contributed by atoms with Crippen LogP contribution < -0.4 is 0 Å². The van der Waals surface area contributed by atoms with Crippen molar-refractivity contribution in [3.63, 3.8) is 0 Å². The Morgan fingerprint density at radius 2 is 2.00 bits per heavy atom. The molecule has 1 aliphatic rings.